The van der Waals surface area contributed by atoms with Gasteiger partial charge in [0.2, 0.25) is 0 Å². The zero-order valence-electron chi connectivity index (χ0n) is 8.42. The Kier molecular flexibility index (Phi) is 2.29. The molecular formula is C11H18N2. The summed E-state index contributed by atoms with van der Waals surface area (Å²) in [6, 6.07) is 2.44. The second-order valence-corrected chi connectivity index (χ2v) is 4.92. The summed E-state index contributed by atoms with van der Waals surface area (Å²) in [5.74, 6) is 0.992. The molecule has 72 valence electrons. The van der Waals surface area contributed by atoms with E-state index in [0.717, 1.165) is 31.8 Å². The number of hydrogen-bond donors (Lipinski definition) is 0. The maximum atomic E-state index is 8.96. The quantitative estimate of drug-likeness (QED) is 0.647. The summed E-state index contributed by atoms with van der Waals surface area (Å²) >= 11 is 0. The molecule has 0 bridgehead atoms. The van der Waals surface area contributed by atoms with Gasteiger partial charge in [0.05, 0.1) is 11.5 Å². The number of nitrogens with zero attached hydrogens (tertiary/aromatic N) is 2. The van der Waals surface area contributed by atoms with Gasteiger partial charge in [-0.1, -0.05) is 0 Å². The van der Waals surface area contributed by atoms with Crippen LogP contribution in [0.2, 0.25) is 0 Å². The Hall–Kier alpha value is -0.550. The molecule has 0 spiro atoms. The Bertz CT molecular complexity index is 217. The first kappa shape index (κ1) is 9.02. The summed E-state index contributed by atoms with van der Waals surface area (Å²) in [5, 5.41) is 8.96. The smallest absolute Gasteiger partial charge is 0.0687 e. The Labute approximate surface area is 80.5 Å². The molecule has 2 nitrogen and oxygen atoms in total. The van der Waals surface area contributed by atoms with E-state index >= 15 is 0 Å². The molecule has 0 amide bonds. The average molecular weight is 178 g/mol. The molecule has 1 saturated heterocycles. The van der Waals surface area contributed by atoms with Gasteiger partial charge >= 0.3 is 0 Å². The molecule has 13 heavy (non-hydrogen) atoms. The summed E-state index contributed by atoms with van der Waals surface area (Å²) < 4.78 is 0. The second kappa shape index (κ2) is 3.31. The van der Waals surface area contributed by atoms with Crippen molar-refractivity contribution in [2.24, 2.45) is 11.3 Å². The first-order valence-electron chi connectivity index (χ1n) is 5.35. The first-order valence-corrected chi connectivity index (χ1v) is 5.35. The zero-order valence-corrected chi connectivity index (χ0v) is 8.42. The van der Waals surface area contributed by atoms with Crippen LogP contribution in [0.3, 0.4) is 0 Å². The van der Waals surface area contributed by atoms with E-state index in [1.54, 1.807) is 0 Å². The third-order valence-electron chi connectivity index (χ3n) is 3.44. The summed E-state index contributed by atoms with van der Waals surface area (Å²) in [6.45, 7) is 5.67. The predicted octanol–water partition coefficient (Wildman–Crippen LogP) is 2.02. The highest BCUT2D eigenvalue weighted by Gasteiger charge is 2.32. The SMILES string of the molecule is CC1(C#N)CCN(CC2CC2)CC1. The van der Waals surface area contributed by atoms with Crippen molar-refractivity contribution in [3.05, 3.63) is 0 Å². The minimum Gasteiger partial charge on any atom is -0.303 e. The van der Waals surface area contributed by atoms with Crippen LogP contribution < -0.4 is 0 Å². The second-order valence-electron chi connectivity index (χ2n) is 4.92. The van der Waals surface area contributed by atoms with Crippen molar-refractivity contribution < 1.29 is 0 Å². The highest BCUT2D eigenvalue weighted by atomic mass is 15.1. The van der Waals surface area contributed by atoms with Crippen molar-refractivity contribution in [3.63, 3.8) is 0 Å². The van der Waals surface area contributed by atoms with Crippen LogP contribution in [0.25, 0.3) is 0 Å². The topological polar surface area (TPSA) is 27.0 Å². The lowest BCUT2D eigenvalue weighted by Gasteiger charge is -2.34. The van der Waals surface area contributed by atoms with Gasteiger partial charge in [-0.3, -0.25) is 0 Å². The molecule has 1 aliphatic carbocycles. The molecule has 0 unspecified atom stereocenters. The van der Waals surface area contributed by atoms with Gasteiger partial charge in [0.15, 0.2) is 0 Å². The molecule has 2 aliphatic rings. The molecule has 0 N–H and O–H groups in total. The van der Waals surface area contributed by atoms with Crippen LogP contribution in [0.4, 0.5) is 0 Å². The molecule has 1 aliphatic heterocycles. The largest absolute Gasteiger partial charge is 0.303 e. The van der Waals surface area contributed by atoms with Crippen molar-refractivity contribution in [3.8, 4) is 6.07 Å². The van der Waals surface area contributed by atoms with E-state index in [-0.39, 0.29) is 5.41 Å². The predicted molar refractivity (Wildman–Crippen MR) is 52.1 cm³/mol. The zero-order chi connectivity index (χ0) is 9.31. The van der Waals surface area contributed by atoms with Crippen LogP contribution in [0, 0.1) is 22.7 Å². The summed E-state index contributed by atoms with van der Waals surface area (Å²) in [4.78, 5) is 2.54. The normalized spacial score (nSPS) is 28.3. The molecule has 0 radical (unpaired) electrons. The fourth-order valence-electron chi connectivity index (χ4n) is 2.01. The number of rotatable bonds is 2. The lowest BCUT2D eigenvalue weighted by atomic mass is 9.82. The molecule has 0 aromatic heterocycles. The van der Waals surface area contributed by atoms with Gasteiger partial charge in [-0.2, -0.15) is 5.26 Å². The van der Waals surface area contributed by atoms with Crippen LogP contribution in [0.1, 0.15) is 32.6 Å². The average Bonchev–Trinajstić information content (AvgIpc) is 2.93. The van der Waals surface area contributed by atoms with Crippen LogP contribution in [0.15, 0.2) is 0 Å². The highest BCUT2D eigenvalue weighted by molar-refractivity contribution is 4.99. The Morgan fingerprint density at radius 1 is 1.38 bits per heavy atom. The molecule has 1 heterocycles. The first-order chi connectivity index (χ1) is 6.22. The molecular weight excluding hydrogens is 160 g/mol. The molecule has 2 fully saturated rings. The van der Waals surface area contributed by atoms with Crippen LogP contribution in [-0.4, -0.2) is 24.5 Å². The highest BCUT2D eigenvalue weighted by Crippen LogP contribution is 2.34. The van der Waals surface area contributed by atoms with Gasteiger partial charge in [-0.25, -0.2) is 0 Å². The van der Waals surface area contributed by atoms with Crippen LogP contribution in [-0.2, 0) is 0 Å². The summed E-state index contributed by atoms with van der Waals surface area (Å²) in [5.41, 5.74) is -0.0277. The Morgan fingerprint density at radius 3 is 2.46 bits per heavy atom. The lowest BCUT2D eigenvalue weighted by molar-refractivity contribution is 0.151. The fourth-order valence-corrected chi connectivity index (χ4v) is 2.01. The minimum absolute atomic E-state index is 0.0277. The van der Waals surface area contributed by atoms with Crippen LogP contribution in [0.5, 0.6) is 0 Å². The van der Waals surface area contributed by atoms with E-state index in [0.29, 0.717) is 0 Å². The van der Waals surface area contributed by atoms with E-state index in [1.165, 1.54) is 19.4 Å². The van der Waals surface area contributed by atoms with Gasteiger partial charge in [0.1, 0.15) is 0 Å². The molecule has 1 saturated carbocycles. The number of likely N-dealkylation sites (tertiary alicyclic amines) is 1. The number of nitriles is 1. The Balaban J connectivity index is 1.78. The lowest BCUT2D eigenvalue weighted by Crippen LogP contribution is -2.38. The van der Waals surface area contributed by atoms with Crippen LogP contribution >= 0.6 is 0 Å². The van der Waals surface area contributed by atoms with Gasteiger partial charge < -0.3 is 4.90 Å². The monoisotopic (exact) mass is 178 g/mol. The standard InChI is InChI=1S/C11H18N2/c1-11(9-12)4-6-13(7-5-11)8-10-2-3-10/h10H,2-8H2,1H3. The van der Waals surface area contributed by atoms with Crippen molar-refractivity contribution in [2.45, 2.75) is 32.6 Å². The number of hydrogen-bond acceptors (Lipinski definition) is 2. The van der Waals surface area contributed by atoms with E-state index < -0.39 is 0 Å². The van der Waals surface area contributed by atoms with Crippen molar-refractivity contribution in [1.29, 1.82) is 5.26 Å². The molecule has 0 atom stereocenters. The van der Waals surface area contributed by atoms with Gasteiger partial charge in [0, 0.05) is 6.54 Å². The molecule has 2 heteroatoms. The summed E-state index contributed by atoms with van der Waals surface area (Å²) in [7, 11) is 0. The van der Waals surface area contributed by atoms with E-state index in [4.69, 9.17) is 5.26 Å². The Morgan fingerprint density at radius 2 is 2.00 bits per heavy atom. The molecule has 0 aromatic rings. The van der Waals surface area contributed by atoms with Gasteiger partial charge in [-0.05, 0) is 51.6 Å². The third kappa shape index (κ3) is 2.22. The fraction of sp³-hybridized carbons (Fsp3) is 0.909. The maximum Gasteiger partial charge on any atom is 0.0687 e. The molecule has 2 rings (SSSR count). The van der Waals surface area contributed by atoms with Crippen molar-refractivity contribution in [1.82, 2.24) is 4.90 Å². The van der Waals surface area contributed by atoms with Crippen molar-refractivity contribution in [2.75, 3.05) is 19.6 Å². The maximum absolute atomic E-state index is 8.96. The molecule has 0 aromatic carbocycles. The number of piperidine rings is 1. The van der Waals surface area contributed by atoms with Gasteiger partial charge in [0.25, 0.3) is 0 Å². The van der Waals surface area contributed by atoms with E-state index in [2.05, 4.69) is 17.9 Å². The van der Waals surface area contributed by atoms with E-state index in [9.17, 15) is 0 Å². The minimum atomic E-state index is -0.0277. The van der Waals surface area contributed by atoms with Crippen molar-refractivity contribution >= 4 is 0 Å². The third-order valence-corrected chi connectivity index (χ3v) is 3.44. The van der Waals surface area contributed by atoms with E-state index in [1.807, 2.05) is 0 Å². The summed E-state index contributed by atoms with van der Waals surface area (Å²) in [6.07, 6.45) is 5.00. The van der Waals surface area contributed by atoms with Gasteiger partial charge in [-0.15, -0.1) is 0 Å².